The van der Waals surface area contributed by atoms with Gasteiger partial charge >= 0.3 is 5.97 Å². The summed E-state index contributed by atoms with van der Waals surface area (Å²) in [6.45, 7) is 5.12. The van der Waals surface area contributed by atoms with Crippen LogP contribution in [0.1, 0.15) is 28.7 Å². The summed E-state index contributed by atoms with van der Waals surface area (Å²) in [6.07, 6.45) is 0.276. The molecule has 0 radical (unpaired) electrons. The number of aromatic nitrogens is 3. The lowest BCUT2D eigenvalue weighted by Crippen LogP contribution is -2.30. The maximum absolute atomic E-state index is 12.4. The average molecular weight is 468 g/mol. The number of halogens is 3. The summed E-state index contributed by atoms with van der Waals surface area (Å²) in [4.78, 5) is 28.6. The number of benzene rings is 1. The molecule has 0 aliphatic heterocycles. The van der Waals surface area contributed by atoms with Crippen LogP contribution in [0.25, 0.3) is 5.69 Å². The van der Waals surface area contributed by atoms with E-state index in [1.807, 2.05) is 13.8 Å². The molecule has 30 heavy (non-hydrogen) atoms. The van der Waals surface area contributed by atoms with Crippen molar-refractivity contribution in [2.24, 2.45) is 0 Å². The summed E-state index contributed by atoms with van der Waals surface area (Å²) in [5.74, 6) is -1.10. The molecule has 1 N–H and O–H groups in total. The van der Waals surface area contributed by atoms with Crippen LogP contribution in [0, 0.1) is 13.8 Å². The van der Waals surface area contributed by atoms with Crippen molar-refractivity contribution in [3.8, 4) is 5.69 Å². The molecule has 0 bridgehead atoms. The number of esters is 1. The summed E-state index contributed by atoms with van der Waals surface area (Å²) < 4.78 is 6.92. The molecule has 2 aromatic heterocycles. The van der Waals surface area contributed by atoms with Gasteiger partial charge in [-0.25, -0.2) is 14.5 Å². The number of hydrogen-bond acceptors (Lipinski definition) is 5. The highest BCUT2D eigenvalue weighted by Gasteiger charge is 2.21. The topological polar surface area (TPSA) is 86.1 Å². The fourth-order valence-electron chi connectivity index (χ4n) is 2.62. The second-order valence-electron chi connectivity index (χ2n) is 6.46. The molecule has 0 saturated heterocycles. The minimum absolute atomic E-state index is 0.127. The SMILES string of the molecule is Cc1nn(-c2ccc(C(=O)OC(C)C(=O)Nc3ncc(Cl)cc3Cl)cc2)c(C)c1Cl. The summed E-state index contributed by atoms with van der Waals surface area (Å²) in [5, 5.41) is 7.97. The average Bonchev–Trinajstić information content (AvgIpc) is 2.97. The van der Waals surface area contributed by atoms with Crippen molar-refractivity contribution in [2.75, 3.05) is 5.32 Å². The molecule has 156 valence electrons. The van der Waals surface area contributed by atoms with Crippen LogP contribution < -0.4 is 5.32 Å². The number of nitrogens with one attached hydrogen (secondary N) is 1. The van der Waals surface area contributed by atoms with E-state index in [1.165, 1.54) is 19.2 Å². The van der Waals surface area contributed by atoms with Gasteiger partial charge in [-0.3, -0.25) is 4.79 Å². The van der Waals surface area contributed by atoms with Gasteiger partial charge in [-0.15, -0.1) is 0 Å². The second-order valence-corrected chi connectivity index (χ2v) is 7.69. The van der Waals surface area contributed by atoms with Gasteiger partial charge in [0.1, 0.15) is 0 Å². The van der Waals surface area contributed by atoms with E-state index in [9.17, 15) is 9.59 Å². The van der Waals surface area contributed by atoms with Crippen molar-refractivity contribution in [1.82, 2.24) is 14.8 Å². The predicted molar refractivity (Wildman–Crippen MR) is 116 cm³/mol. The zero-order chi connectivity index (χ0) is 22.0. The molecule has 10 heteroatoms. The Morgan fingerprint density at radius 2 is 1.80 bits per heavy atom. The van der Waals surface area contributed by atoms with Crippen LogP contribution in [0.15, 0.2) is 36.5 Å². The number of nitrogens with zero attached hydrogens (tertiary/aromatic N) is 3. The summed E-state index contributed by atoms with van der Waals surface area (Å²) in [5.41, 5.74) is 2.54. The molecule has 1 aromatic carbocycles. The Morgan fingerprint density at radius 1 is 1.13 bits per heavy atom. The van der Waals surface area contributed by atoms with Gasteiger partial charge in [0.2, 0.25) is 0 Å². The Hall–Kier alpha value is -2.61. The fraction of sp³-hybridized carbons (Fsp3) is 0.200. The quantitative estimate of drug-likeness (QED) is 0.532. The number of hydrogen-bond donors (Lipinski definition) is 1. The molecule has 1 atom stereocenters. The molecule has 3 rings (SSSR count). The molecular formula is C20H17Cl3N4O3. The monoisotopic (exact) mass is 466 g/mol. The summed E-state index contributed by atoms with van der Waals surface area (Å²) in [6, 6.07) is 8.05. The Morgan fingerprint density at radius 3 is 2.37 bits per heavy atom. The van der Waals surface area contributed by atoms with Crippen LogP contribution in [-0.2, 0) is 9.53 Å². The Kier molecular flexibility index (Phi) is 6.65. The molecule has 0 spiro atoms. The van der Waals surface area contributed by atoms with Crippen molar-refractivity contribution in [3.63, 3.8) is 0 Å². The standard InChI is InChI=1S/C20H17Cl3N4O3/c1-10-17(23)11(2)27(26-10)15-6-4-13(5-7-15)20(29)30-12(3)19(28)25-18-16(22)8-14(21)9-24-18/h4-9,12H,1-3H3,(H,24,25,28). The van der Waals surface area contributed by atoms with Crippen LogP contribution in [-0.4, -0.2) is 32.7 Å². The van der Waals surface area contributed by atoms with Crippen LogP contribution in [0.5, 0.6) is 0 Å². The third kappa shape index (κ3) is 4.75. The van der Waals surface area contributed by atoms with Crippen molar-refractivity contribution < 1.29 is 14.3 Å². The van der Waals surface area contributed by atoms with E-state index in [2.05, 4.69) is 15.4 Å². The highest BCUT2D eigenvalue weighted by molar-refractivity contribution is 6.36. The van der Waals surface area contributed by atoms with Gasteiger partial charge in [-0.2, -0.15) is 5.10 Å². The Balaban J connectivity index is 1.66. The van der Waals surface area contributed by atoms with Gasteiger partial charge in [0.05, 0.1) is 37.7 Å². The van der Waals surface area contributed by atoms with E-state index in [-0.39, 0.29) is 16.4 Å². The van der Waals surface area contributed by atoms with Crippen LogP contribution in [0.3, 0.4) is 0 Å². The number of carbonyl (C=O) groups is 2. The molecule has 0 aliphatic carbocycles. The number of amides is 1. The predicted octanol–water partition coefficient (Wildman–Crippen LogP) is 5.03. The lowest BCUT2D eigenvalue weighted by molar-refractivity contribution is -0.123. The van der Waals surface area contributed by atoms with Gasteiger partial charge < -0.3 is 10.1 Å². The minimum Gasteiger partial charge on any atom is -0.449 e. The molecule has 7 nitrogen and oxygen atoms in total. The van der Waals surface area contributed by atoms with Crippen LogP contribution >= 0.6 is 34.8 Å². The van der Waals surface area contributed by atoms with E-state index in [0.29, 0.717) is 15.7 Å². The van der Waals surface area contributed by atoms with Crippen molar-refractivity contribution in [2.45, 2.75) is 26.9 Å². The van der Waals surface area contributed by atoms with Gasteiger partial charge in [-0.1, -0.05) is 34.8 Å². The number of ether oxygens (including phenoxy) is 1. The van der Waals surface area contributed by atoms with Crippen molar-refractivity contribution in [3.05, 3.63) is 68.5 Å². The number of rotatable bonds is 5. The first-order valence-corrected chi connectivity index (χ1v) is 9.95. The summed E-state index contributed by atoms with van der Waals surface area (Å²) >= 11 is 17.9. The smallest absolute Gasteiger partial charge is 0.338 e. The van der Waals surface area contributed by atoms with Gasteiger partial charge in [0, 0.05) is 6.20 Å². The highest BCUT2D eigenvalue weighted by atomic mass is 35.5. The molecular weight excluding hydrogens is 451 g/mol. The lowest BCUT2D eigenvalue weighted by atomic mass is 10.2. The minimum atomic E-state index is -1.07. The van der Waals surface area contributed by atoms with E-state index >= 15 is 0 Å². The van der Waals surface area contributed by atoms with E-state index in [0.717, 1.165) is 11.4 Å². The Bertz CT molecular complexity index is 1110. The zero-order valence-corrected chi connectivity index (χ0v) is 18.5. The van der Waals surface area contributed by atoms with Crippen molar-refractivity contribution >= 4 is 52.5 Å². The number of anilines is 1. The zero-order valence-electron chi connectivity index (χ0n) is 16.2. The molecule has 3 aromatic rings. The molecule has 0 saturated carbocycles. The highest BCUT2D eigenvalue weighted by Crippen LogP contribution is 2.24. The summed E-state index contributed by atoms with van der Waals surface area (Å²) in [7, 11) is 0. The lowest BCUT2D eigenvalue weighted by Gasteiger charge is -2.14. The first kappa shape index (κ1) is 22.1. The third-order valence-corrected chi connectivity index (χ3v) is 5.29. The number of pyridine rings is 1. The molecule has 0 fully saturated rings. The van der Waals surface area contributed by atoms with Crippen molar-refractivity contribution in [1.29, 1.82) is 0 Å². The molecule has 1 amide bonds. The Labute approximate surface area is 187 Å². The number of carbonyl (C=O) groups excluding carboxylic acids is 2. The van der Waals surface area contributed by atoms with E-state index in [1.54, 1.807) is 28.9 Å². The maximum Gasteiger partial charge on any atom is 0.338 e. The van der Waals surface area contributed by atoms with Crippen LogP contribution in [0.4, 0.5) is 5.82 Å². The van der Waals surface area contributed by atoms with E-state index < -0.39 is 18.0 Å². The first-order valence-electron chi connectivity index (χ1n) is 8.82. The largest absolute Gasteiger partial charge is 0.449 e. The molecule has 1 unspecified atom stereocenters. The van der Waals surface area contributed by atoms with Gasteiger partial charge in [0.25, 0.3) is 5.91 Å². The van der Waals surface area contributed by atoms with Crippen LogP contribution in [0.2, 0.25) is 15.1 Å². The normalized spacial score (nSPS) is 11.8. The number of aryl methyl sites for hydroxylation is 1. The van der Waals surface area contributed by atoms with E-state index in [4.69, 9.17) is 39.5 Å². The fourth-order valence-corrected chi connectivity index (χ4v) is 3.17. The first-order chi connectivity index (χ1) is 14.2. The second kappa shape index (κ2) is 9.04. The maximum atomic E-state index is 12.4. The molecule has 2 heterocycles. The third-order valence-electron chi connectivity index (χ3n) is 4.25. The molecule has 0 aliphatic rings. The van der Waals surface area contributed by atoms with Gasteiger partial charge in [0.15, 0.2) is 11.9 Å². The van der Waals surface area contributed by atoms with Gasteiger partial charge in [-0.05, 0) is 51.1 Å².